The number of methoxy groups -OCH3 is 1. The number of likely N-dealkylation sites (N-methyl/N-ethyl adjacent to an activating group) is 1. The number of likely N-dealkylation sites (tertiary alicyclic amines) is 1. The minimum Gasteiger partial charge on any atom is -0.495 e. The summed E-state index contributed by atoms with van der Waals surface area (Å²) < 4.78 is 31.9. The van der Waals surface area contributed by atoms with Gasteiger partial charge in [-0.2, -0.15) is 4.98 Å². The van der Waals surface area contributed by atoms with Gasteiger partial charge in [0.25, 0.3) is 11.8 Å². The SMILES string of the molecule is C=C1CCC(N2C(=O)c3cccc(NCCN4CCC(CN(C)CCc5cc(OC)c(Nc6ncc(Cl)c(Nc7ccccc7S(=O)(=O)C(C)C)n6)cc5C)CC4)c3C2=O)C(=O)N1. The van der Waals surface area contributed by atoms with Gasteiger partial charge in [0.1, 0.15) is 16.8 Å². The molecule has 0 radical (unpaired) electrons. The highest BCUT2D eigenvalue weighted by Crippen LogP contribution is 2.35. The number of hydrogen-bond donors (Lipinski definition) is 4. The van der Waals surface area contributed by atoms with E-state index >= 15 is 0 Å². The molecule has 1 unspecified atom stereocenters. The zero-order valence-corrected chi connectivity index (χ0v) is 38.0. The van der Waals surface area contributed by atoms with Crippen molar-refractivity contribution in [3.8, 4) is 5.75 Å². The number of carbonyl (C=O) groups excluding carboxylic acids is 3. The van der Waals surface area contributed by atoms with Crippen LogP contribution >= 0.6 is 11.6 Å². The third-order valence-electron chi connectivity index (χ3n) is 12.1. The van der Waals surface area contributed by atoms with E-state index in [4.69, 9.17) is 16.3 Å². The van der Waals surface area contributed by atoms with Crippen molar-refractivity contribution in [1.29, 1.82) is 0 Å². The number of imide groups is 1. The largest absolute Gasteiger partial charge is 0.495 e. The number of halogens is 1. The van der Waals surface area contributed by atoms with Gasteiger partial charge in [-0.15, -0.1) is 0 Å². The lowest BCUT2D eigenvalue weighted by Crippen LogP contribution is -2.51. The fourth-order valence-electron chi connectivity index (χ4n) is 8.43. The minimum absolute atomic E-state index is 0.164. The Balaban J connectivity index is 0.879. The molecule has 3 aliphatic heterocycles. The van der Waals surface area contributed by atoms with Crippen LogP contribution < -0.4 is 26.0 Å². The standard InChI is InChI=1S/C46H56ClN9O6S/c1-28(2)63(60,61)40-13-8-7-11-35(40)51-42-34(47)26-49-46(53-42)52-37-24-29(3)32(25-39(37)62-6)18-20-54(5)27-31-16-21-55(22-17-31)23-19-48-36-12-9-10-33-41(36)45(59)56(44(33)58)38-15-14-30(4)50-43(38)57/h7-13,24-26,28,31,38,48H,4,14-23,27H2,1-3,5-6H3,(H,50,57)(H2,49,51,52,53). The highest BCUT2D eigenvalue weighted by molar-refractivity contribution is 7.92. The summed E-state index contributed by atoms with van der Waals surface area (Å²) in [5.41, 5.74) is 5.19. The van der Waals surface area contributed by atoms with Gasteiger partial charge in [-0.05, 0) is 126 Å². The molecule has 2 saturated heterocycles. The number of aryl methyl sites for hydroxylation is 1. The van der Waals surface area contributed by atoms with Gasteiger partial charge in [0.15, 0.2) is 15.7 Å². The average molecular weight is 899 g/mol. The predicted octanol–water partition coefficient (Wildman–Crippen LogP) is 6.80. The van der Waals surface area contributed by atoms with Crippen molar-refractivity contribution in [2.45, 2.75) is 69.1 Å². The molecule has 3 aliphatic rings. The average Bonchev–Trinajstić information content (AvgIpc) is 3.51. The van der Waals surface area contributed by atoms with Crippen molar-refractivity contribution < 1.29 is 27.5 Å². The molecule has 15 nitrogen and oxygen atoms in total. The first-order chi connectivity index (χ1) is 30.1. The Labute approximate surface area is 374 Å². The Morgan fingerprint density at radius 3 is 2.48 bits per heavy atom. The Kier molecular flexibility index (Phi) is 14.0. The topological polar surface area (TPSA) is 178 Å². The van der Waals surface area contributed by atoms with E-state index in [1.54, 1.807) is 57.4 Å². The molecular formula is C46H56ClN9O6S. The maximum absolute atomic E-state index is 13.5. The lowest BCUT2D eigenvalue weighted by molar-refractivity contribution is -0.125. The quantitative estimate of drug-likeness (QED) is 0.0815. The summed E-state index contributed by atoms with van der Waals surface area (Å²) in [6.45, 7) is 14.4. The van der Waals surface area contributed by atoms with Crippen LogP contribution in [0.3, 0.4) is 0 Å². The van der Waals surface area contributed by atoms with Crippen molar-refractivity contribution in [2.24, 2.45) is 5.92 Å². The number of sulfone groups is 1. The number of rotatable bonds is 17. The van der Waals surface area contributed by atoms with Crippen molar-refractivity contribution in [1.82, 2.24) is 30.0 Å². The number of nitrogens with zero attached hydrogens (tertiary/aromatic N) is 5. The van der Waals surface area contributed by atoms with Gasteiger partial charge in [-0.25, -0.2) is 13.4 Å². The highest BCUT2D eigenvalue weighted by Gasteiger charge is 2.45. The number of fused-ring (bicyclic) bond motifs is 1. The van der Waals surface area contributed by atoms with Gasteiger partial charge in [-0.3, -0.25) is 19.3 Å². The molecule has 3 amide bonds. The van der Waals surface area contributed by atoms with Gasteiger partial charge in [0, 0.05) is 37.6 Å². The molecular weight excluding hydrogens is 842 g/mol. The van der Waals surface area contributed by atoms with Crippen LogP contribution in [-0.4, -0.2) is 116 Å². The molecule has 0 aliphatic carbocycles. The highest BCUT2D eigenvalue weighted by atomic mass is 35.5. The normalized spacial score (nSPS) is 17.3. The van der Waals surface area contributed by atoms with Crippen LogP contribution in [0.5, 0.6) is 5.75 Å². The van der Waals surface area contributed by atoms with Crippen molar-refractivity contribution in [3.63, 3.8) is 0 Å². The number of allylic oxidation sites excluding steroid dienone is 1. The number of para-hydroxylation sites is 1. The van der Waals surface area contributed by atoms with Crippen molar-refractivity contribution in [2.75, 3.05) is 69.4 Å². The monoisotopic (exact) mass is 897 g/mol. The number of anilines is 5. The molecule has 4 N–H and O–H groups in total. The van der Waals surface area contributed by atoms with Crippen LogP contribution in [0.15, 0.2) is 78.0 Å². The first-order valence-electron chi connectivity index (χ1n) is 21.4. The number of benzene rings is 3. The molecule has 1 atom stereocenters. The zero-order chi connectivity index (χ0) is 45.0. The number of piperidine rings is 2. The van der Waals surface area contributed by atoms with E-state index in [-0.39, 0.29) is 27.6 Å². The summed E-state index contributed by atoms with van der Waals surface area (Å²) in [4.78, 5) is 54.5. The molecule has 7 rings (SSSR count). The Morgan fingerprint density at radius 1 is 1.00 bits per heavy atom. The second-order valence-electron chi connectivity index (χ2n) is 16.8. The lowest BCUT2D eigenvalue weighted by Gasteiger charge is -2.34. The molecule has 0 spiro atoms. The number of aromatic nitrogens is 2. The van der Waals surface area contributed by atoms with Crippen LogP contribution in [0, 0.1) is 12.8 Å². The molecule has 2 fully saturated rings. The van der Waals surface area contributed by atoms with Crippen LogP contribution in [0.2, 0.25) is 5.02 Å². The van der Waals surface area contributed by atoms with Gasteiger partial charge in [0.2, 0.25) is 11.9 Å². The third-order valence-corrected chi connectivity index (χ3v) is 14.6. The van der Waals surface area contributed by atoms with E-state index in [1.807, 2.05) is 18.2 Å². The van der Waals surface area contributed by atoms with E-state index in [0.717, 1.165) is 62.4 Å². The third kappa shape index (κ3) is 10.1. The van der Waals surface area contributed by atoms with Crippen LogP contribution in [-0.2, 0) is 21.1 Å². The molecule has 17 heteroatoms. The smallest absolute Gasteiger partial charge is 0.264 e. The number of carbonyl (C=O) groups is 3. The van der Waals surface area contributed by atoms with E-state index in [9.17, 15) is 22.8 Å². The zero-order valence-electron chi connectivity index (χ0n) is 36.5. The van der Waals surface area contributed by atoms with Crippen LogP contribution in [0.4, 0.5) is 28.8 Å². The first kappa shape index (κ1) is 45.5. The molecule has 4 aromatic rings. The number of nitrogens with one attached hydrogen (secondary N) is 4. The second kappa shape index (κ2) is 19.5. The van der Waals surface area contributed by atoms with E-state index in [2.05, 4.69) is 61.6 Å². The molecule has 3 aromatic carbocycles. The van der Waals surface area contributed by atoms with E-state index < -0.39 is 32.9 Å². The maximum atomic E-state index is 13.5. The fourth-order valence-corrected chi connectivity index (χ4v) is 9.77. The van der Waals surface area contributed by atoms with Gasteiger partial charge < -0.3 is 35.8 Å². The summed E-state index contributed by atoms with van der Waals surface area (Å²) in [5, 5.41) is 12.1. The van der Waals surface area contributed by atoms with Gasteiger partial charge >= 0.3 is 0 Å². The summed E-state index contributed by atoms with van der Waals surface area (Å²) in [7, 11) is 0.223. The Hall–Kier alpha value is -5.55. The predicted molar refractivity (Wildman–Crippen MR) is 246 cm³/mol. The summed E-state index contributed by atoms with van der Waals surface area (Å²) >= 11 is 6.47. The number of ether oxygens (including phenoxy) is 1. The maximum Gasteiger partial charge on any atom is 0.264 e. The molecule has 63 heavy (non-hydrogen) atoms. The van der Waals surface area contributed by atoms with Crippen molar-refractivity contribution >= 4 is 68.0 Å². The summed E-state index contributed by atoms with van der Waals surface area (Å²) in [6, 6.07) is 15.1. The van der Waals surface area contributed by atoms with Crippen molar-refractivity contribution in [3.05, 3.63) is 100 Å². The summed E-state index contributed by atoms with van der Waals surface area (Å²) in [5.74, 6) is 0.499. The van der Waals surface area contributed by atoms with E-state index in [1.165, 1.54) is 11.8 Å². The Morgan fingerprint density at radius 2 is 1.75 bits per heavy atom. The molecule has 334 valence electrons. The van der Waals surface area contributed by atoms with Gasteiger partial charge in [0.05, 0.1) is 46.0 Å². The van der Waals surface area contributed by atoms with E-state index in [0.29, 0.717) is 64.9 Å². The van der Waals surface area contributed by atoms with Crippen LogP contribution in [0.1, 0.15) is 71.4 Å². The fraction of sp³-hybridized carbons (Fsp3) is 0.413. The van der Waals surface area contributed by atoms with Crippen LogP contribution in [0.25, 0.3) is 0 Å². The molecule has 1 aromatic heterocycles. The van der Waals surface area contributed by atoms with Gasteiger partial charge in [-0.1, -0.05) is 36.4 Å². The molecule has 0 bridgehead atoms. The lowest BCUT2D eigenvalue weighted by atomic mass is 9.96. The summed E-state index contributed by atoms with van der Waals surface area (Å²) in [6.07, 6.45) is 5.36. The Bertz CT molecular complexity index is 2510. The number of amides is 3. The molecule has 0 saturated carbocycles. The molecule has 4 heterocycles. The minimum atomic E-state index is -3.57. The first-order valence-corrected chi connectivity index (χ1v) is 23.3. The number of hydrogen-bond acceptors (Lipinski definition) is 13. The second-order valence-corrected chi connectivity index (χ2v) is 19.7.